The van der Waals surface area contributed by atoms with Gasteiger partial charge in [0.05, 0.1) is 16.1 Å². The minimum Gasteiger partial charge on any atom is -0.455 e. The SMILES string of the molecule is CC1(C)c2ccccc2-c2c(N(c3ccc(-c4cccc5c4oc4ccccc45)cc3)c3cccc4c3sc3c5ccccc5ccc43)cccc21. The molecule has 0 spiro atoms. The van der Waals surface area contributed by atoms with Gasteiger partial charge in [-0.2, -0.15) is 0 Å². The standard InChI is InChI=1S/C49H33NOS/c1-49(2)40-19-7-5-15-39(40)45-41(49)20-11-21-42(45)50(43-22-10-18-37-38-29-26-30-12-3-4-13-34(30)47(38)52-48(37)43)32-27-24-31(25-28-32)33-16-9-17-36-35-14-6-8-23-44(35)51-46(33)36/h3-29H,1-2H3. The summed E-state index contributed by atoms with van der Waals surface area (Å²) in [4.78, 5) is 2.50. The Kier molecular flexibility index (Phi) is 6.21. The average Bonchev–Trinajstić information content (AvgIpc) is 3.84. The molecule has 246 valence electrons. The highest BCUT2D eigenvalue weighted by molar-refractivity contribution is 7.27. The lowest BCUT2D eigenvalue weighted by Gasteiger charge is -2.29. The second kappa shape index (κ2) is 10.9. The van der Waals surface area contributed by atoms with Crippen molar-refractivity contribution in [2.75, 3.05) is 4.90 Å². The van der Waals surface area contributed by atoms with Crippen LogP contribution in [-0.2, 0) is 5.41 Å². The Balaban J connectivity index is 1.16. The van der Waals surface area contributed by atoms with Crippen LogP contribution < -0.4 is 4.90 Å². The van der Waals surface area contributed by atoms with Crippen LogP contribution in [0.4, 0.5) is 17.1 Å². The van der Waals surface area contributed by atoms with Crippen molar-refractivity contribution in [2.45, 2.75) is 19.3 Å². The van der Waals surface area contributed by atoms with Gasteiger partial charge in [-0.1, -0.05) is 147 Å². The molecule has 0 N–H and O–H groups in total. The third-order valence-electron chi connectivity index (χ3n) is 11.3. The molecule has 0 unspecified atom stereocenters. The van der Waals surface area contributed by atoms with Gasteiger partial charge in [0.15, 0.2) is 0 Å². The topological polar surface area (TPSA) is 16.4 Å². The molecule has 52 heavy (non-hydrogen) atoms. The molecule has 1 aliphatic carbocycles. The summed E-state index contributed by atoms with van der Waals surface area (Å²) in [6.07, 6.45) is 0. The van der Waals surface area contributed by atoms with Gasteiger partial charge < -0.3 is 9.32 Å². The Morgan fingerprint density at radius 2 is 1.13 bits per heavy atom. The molecule has 0 amide bonds. The molecule has 0 radical (unpaired) electrons. The Hall–Kier alpha value is -6.16. The third kappa shape index (κ3) is 4.11. The monoisotopic (exact) mass is 683 g/mol. The molecule has 2 aromatic heterocycles. The first kappa shape index (κ1) is 29.6. The van der Waals surface area contributed by atoms with E-state index in [0.29, 0.717) is 0 Å². The molecular formula is C49H33NOS. The lowest BCUT2D eigenvalue weighted by Crippen LogP contribution is -2.16. The molecule has 2 heterocycles. The zero-order valence-electron chi connectivity index (χ0n) is 28.9. The Bertz CT molecular complexity index is 3050. The van der Waals surface area contributed by atoms with Gasteiger partial charge in [0.1, 0.15) is 11.2 Å². The van der Waals surface area contributed by atoms with Gasteiger partial charge in [0.25, 0.3) is 0 Å². The Labute approximate surface area is 305 Å². The maximum Gasteiger partial charge on any atom is 0.143 e. The van der Waals surface area contributed by atoms with E-state index in [2.05, 4.69) is 176 Å². The number of thiophene rings is 1. The predicted octanol–water partition coefficient (Wildman–Crippen LogP) is 14.6. The summed E-state index contributed by atoms with van der Waals surface area (Å²) in [6, 6.07) is 59.8. The number of furan rings is 1. The molecule has 3 heteroatoms. The van der Waals surface area contributed by atoms with Crippen LogP contribution >= 0.6 is 11.3 Å². The van der Waals surface area contributed by atoms with Crippen molar-refractivity contribution in [1.82, 2.24) is 0 Å². The summed E-state index contributed by atoms with van der Waals surface area (Å²) in [5, 5.41) is 7.46. The maximum atomic E-state index is 6.46. The normalized spacial score (nSPS) is 13.3. The fourth-order valence-corrected chi connectivity index (χ4v) is 10.1. The molecular weight excluding hydrogens is 651 g/mol. The van der Waals surface area contributed by atoms with Crippen molar-refractivity contribution in [3.63, 3.8) is 0 Å². The number of para-hydroxylation sites is 2. The first-order valence-electron chi connectivity index (χ1n) is 17.9. The van der Waals surface area contributed by atoms with Gasteiger partial charge >= 0.3 is 0 Å². The fraction of sp³-hybridized carbons (Fsp3) is 0.0612. The first-order valence-corrected chi connectivity index (χ1v) is 18.7. The lowest BCUT2D eigenvalue weighted by molar-refractivity contribution is 0.660. The molecule has 0 bridgehead atoms. The highest BCUT2D eigenvalue weighted by atomic mass is 32.1. The highest BCUT2D eigenvalue weighted by Gasteiger charge is 2.38. The molecule has 0 aliphatic heterocycles. The number of rotatable bonds is 4. The van der Waals surface area contributed by atoms with Crippen LogP contribution in [0, 0.1) is 0 Å². The second-order valence-corrected chi connectivity index (χ2v) is 15.5. The maximum absolute atomic E-state index is 6.46. The Morgan fingerprint density at radius 1 is 0.481 bits per heavy atom. The average molecular weight is 684 g/mol. The zero-order valence-corrected chi connectivity index (χ0v) is 29.7. The van der Waals surface area contributed by atoms with E-state index in [1.54, 1.807) is 0 Å². The van der Waals surface area contributed by atoms with Crippen LogP contribution in [0.1, 0.15) is 25.0 Å². The molecule has 0 fully saturated rings. The third-order valence-corrected chi connectivity index (χ3v) is 12.6. The number of fused-ring (bicyclic) bond motifs is 11. The minimum absolute atomic E-state index is 0.106. The summed E-state index contributed by atoms with van der Waals surface area (Å²) in [6.45, 7) is 4.72. The second-order valence-electron chi connectivity index (χ2n) is 14.5. The number of nitrogens with zero attached hydrogens (tertiary/aromatic N) is 1. The van der Waals surface area contributed by atoms with Crippen molar-refractivity contribution in [2.24, 2.45) is 0 Å². The number of benzene rings is 8. The molecule has 2 nitrogen and oxygen atoms in total. The van der Waals surface area contributed by atoms with Crippen molar-refractivity contribution >= 4 is 81.3 Å². The van der Waals surface area contributed by atoms with E-state index < -0.39 is 0 Å². The largest absolute Gasteiger partial charge is 0.455 e. The van der Waals surface area contributed by atoms with Crippen molar-refractivity contribution in [3.05, 3.63) is 175 Å². The summed E-state index contributed by atoms with van der Waals surface area (Å²) in [5.41, 5.74) is 12.8. The van der Waals surface area contributed by atoms with Crippen molar-refractivity contribution < 1.29 is 4.42 Å². The predicted molar refractivity (Wildman–Crippen MR) is 222 cm³/mol. The molecule has 8 aromatic carbocycles. The summed E-state index contributed by atoms with van der Waals surface area (Å²) >= 11 is 1.90. The van der Waals surface area contributed by atoms with Gasteiger partial charge in [-0.15, -0.1) is 11.3 Å². The molecule has 10 aromatic rings. The van der Waals surface area contributed by atoms with Gasteiger partial charge in [-0.3, -0.25) is 0 Å². The van der Waals surface area contributed by atoms with Gasteiger partial charge in [-0.05, 0) is 63.4 Å². The van der Waals surface area contributed by atoms with Crippen LogP contribution in [0.25, 0.3) is 75.1 Å². The number of hydrogen-bond acceptors (Lipinski definition) is 3. The first-order chi connectivity index (χ1) is 25.6. The van der Waals surface area contributed by atoms with Crippen LogP contribution in [0.5, 0.6) is 0 Å². The van der Waals surface area contributed by atoms with E-state index >= 15 is 0 Å². The molecule has 11 rings (SSSR count). The summed E-state index contributed by atoms with van der Waals surface area (Å²) in [5.74, 6) is 0. The molecule has 0 atom stereocenters. The van der Waals surface area contributed by atoms with E-state index in [-0.39, 0.29) is 5.41 Å². The van der Waals surface area contributed by atoms with Crippen LogP contribution in [0.2, 0.25) is 0 Å². The number of hydrogen-bond donors (Lipinski definition) is 0. The summed E-state index contributed by atoms with van der Waals surface area (Å²) < 4.78 is 9.07. The summed E-state index contributed by atoms with van der Waals surface area (Å²) in [7, 11) is 0. The van der Waals surface area contributed by atoms with Crippen LogP contribution in [0.15, 0.2) is 168 Å². The van der Waals surface area contributed by atoms with Gasteiger partial charge in [0, 0.05) is 48.5 Å². The Morgan fingerprint density at radius 3 is 2.04 bits per heavy atom. The van der Waals surface area contributed by atoms with Crippen LogP contribution in [-0.4, -0.2) is 0 Å². The molecule has 0 saturated carbocycles. The van der Waals surface area contributed by atoms with Crippen molar-refractivity contribution in [1.29, 1.82) is 0 Å². The van der Waals surface area contributed by atoms with Gasteiger partial charge in [0.2, 0.25) is 0 Å². The minimum atomic E-state index is -0.106. The fourth-order valence-electron chi connectivity index (χ4n) is 8.78. The zero-order chi connectivity index (χ0) is 34.6. The van der Waals surface area contributed by atoms with E-state index in [1.807, 2.05) is 17.4 Å². The quantitative estimate of drug-likeness (QED) is 0.184. The van der Waals surface area contributed by atoms with Gasteiger partial charge in [-0.25, -0.2) is 0 Å². The number of anilines is 3. The van der Waals surface area contributed by atoms with Crippen LogP contribution in [0.3, 0.4) is 0 Å². The van der Waals surface area contributed by atoms with E-state index in [9.17, 15) is 0 Å². The lowest BCUT2D eigenvalue weighted by atomic mass is 9.82. The van der Waals surface area contributed by atoms with E-state index in [1.165, 1.54) is 64.6 Å². The van der Waals surface area contributed by atoms with E-state index in [4.69, 9.17) is 4.42 Å². The van der Waals surface area contributed by atoms with Crippen molar-refractivity contribution in [3.8, 4) is 22.3 Å². The smallest absolute Gasteiger partial charge is 0.143 e. The highest BCUT2D eigenvalue weighted by Crippen LogP contribution is 2.55. The molecule has 1 aliphatic rings. The van der Waals surface area contributed by atoms with E-state index in [0.717, 1.165) is 38.8 Å². The molecule has 0 saturated heterocycles.